The lowest BCUT2D eigenvalue weighted by Gasteiger charge is -1.96. The van der Waals surface area contributed by atoms with E-state index < -0.39 is 5.97 Å². The molecule has 20 heavy (non-hydrogen) atoms. The lowest BCUT2D eigenvalue weighted by atomic mass is 10.2. The molecule has 7 heteroatoms. The van der Waals surface area contributed by atoms with Gasteiger partial charge in [-0.05, 0) is 30.3 Å². The van der Waals surface area contributed by atoms with Gasteiger partial charge in [-0.15, -0.1) is 0 Å². The number of aryl methyl sites for hydroxylation is 1. The number of carbonyl (C=O) groups is 1. The molecule has 0 aliphatic carbocycles. The number of imidazole rings is 1. The number of rotatable bonds is 3. The van der Waals surface area contributed by atoms with Crippen molar-refractivity contribution in [3.05, 3.63) is 30.4 Å². The van der Waals surface area contributed by atoms with Crippen molar-refractivity contribution < 1.29 is 14.1 Å². The summed E-state index contributed by atoms with van der Waals surface area (Å²) in [6.45, 7) is 1.98. The van der Waals surface area contributed by atoms with E-state index in [0.717, 1.165) is 11.0 Å². The predicted octanol–water partition coefficient (Wildman–Crippen LogP) is 1.80. The first-order valence-corrected chi connectivity index (χ1v) is 6.11. The van der Waals surface area contributed by atoms with Crippen molar-refractivity contribution in [2.45, 2.75) is 6.92 Å². The highest BCUT2D eigenvalue weighted by molar-refractivity contribution is 5.86. The summed E-state index contributed by atoms with van der Waals surface area (Å²) in [5.41, 5.74) is 2.53. The molecule has 0 aliphatic rings. The average molecular weight is 272 g/mol. The van der Waals surface area contributed by atoms with Crippen molar-refractivity contribution in [3.8, 4) is 11.5 Å². The largest absolute Gasteiger partial charge is 0.460 e. The first-order valence-electron chi connectivity index (χ1n) is 6.11. The van der Waals surface area contributed by atoms with Gasteiger partial charge in [0.1, 0.15) is 0 Å². The van der Waals surface area contributed by atoms with Crippen LogP contribution in [0.5, 0.6) is 0 Å². The zero-order valence-electron chi connectivity index (χ0n) is 11.0. The third-order valence-electron chi connectivity index (χ3n) is 2.86. The van der Waals surface area contributed by atoms with Crippen LogP contribution in [-0.4, -0.2) is 32.3 Å². The van der Waals surface area contributed by atoms with Crippen LogP contribution < -0.4 is 0 Å². The topological polar surface area (TPSA) is 83.0 Å². The van der Waals surface area contributed by atoms with Crippen LogP contribution in [-0.2, 0) is 11.8 Å². The Labute approximate surface area is 114 Å². The summed E-state index contributed by atoms with van der Waals surface area (Å²) in [6.07, 6.45) is 1.73. The molecule has 3 aromatic rings. The van der Waals surface area contributed by atoms with Crippen molar-refractivity contribution in [1.82, 2.24) is 19.7 Å². The van der Waals surface area contributed by atoms with Gasteiger partial charge in [-0.3, -0.25) is 0 Å². The summed E-state index contributed by atoms with van der Waals surface area (Å²) in [4.78, 5) is 19.8. The quantitative estimate of drug-likeness (QED) is 0.676. The minimum Gasteiger partial charge on any atom is -0.460 e. The van der Waals surface area contributed by atoms with Gasteiger partial charge in [0, 0.05) is 12.6 Å². The molecule has 0 saturated carbocycles. The molecule has 0 saturated heterocycles. The summed E-state index contributed by atoms with van der Waals surface area (Å²) < 4.78 is 11.8. The van der Waals surface area contributed by atoms with Crippen LogP contribution in [0.15, 0.2) is 29.0 Å². The smallest absolute Gasteiger partial charge is 0.379 e. The van der Waals surface area contributed by atoms with Crippen LogP contribution in [0.4, 0.5) is 0 Å². The molecule has 0 amide bonds. The van der Waals surface area contributed by atoms with E-state index in [0.29, 0.717) is 5.56 Å². The van der Waals surface area contributed by atoms with Gasteiger partial charge >= 0.3 is 5.97 Å². The van der Waals surface area contributed by atoms with Gasteiger partial charge in [-0.1, -0.05) is 0 Å². The maximum atomic E-state index is 11.5. The zero-order valence-corrected chi connectivity index (χ0v) is 11.0. The fraction of sp³-hybridized carbons (Fsp3) is 0.231. The Balaban J connectivity index is 1.96. The molecule has 1 aromatic carbocycles. The molecule has 2 heterocycles. The number of aromatic nitrogens is 4. The number of hydrogen-bond acceptors (Lipinski definition) is 6. The Morgan fingerprint density at radius 1 is 1.45 bits per heavy atom. The van der Waals surface area contributed by atoms with Crippen LogP contribution in [0.25, 0.3) is 22.5 Å². The summed E-state index contributed by atoms with van der Waals surface area (Å²) in [7, 11) is 1.92. The molecular weight excluding hydrogens is 260 g/mol. The van der Waals surface area contributed by atoms with E-state index >= 15 is 0 Å². The second-order valence-corrected chi connectivity index (χ2v) is 4.20. The molecule has 0 bridgehead atoms. The summed E-state index contributed by atoms with van der Waals surface area (Å²) in [5.74, 6) is -0.412. The molecule has 3 rings (SSSR count). The first kappa shape index (κ1) is 12.3. The monoisotopic (exact) mass is 272 g/mol. The van der Waals surface area contributed by atoms with Crippen molar-refractivity contribution in [2.75, 3.05) is 6.61 Å². The number of fused-ring (bicyclic) bond motifs is 1. The third-order valence-corrected chi connectivity index (χ3v) is 2.86. The molecule has 2 aromatic heterocycles. The molecule has 0 unspecified atom stereocenters. The lowest BCUT2D eigenvalue weighted by molar-refractivity contribution is 0.0508. The Morgan fingerprint density at radius 3 is 3.10 bits per heavy atom. The highest BCUT2D eigenvalue weighted by Gasteiger charge is 2.17. The number of carbonyl (C=O) groups excluding carboxylic acids is 1. The molecule has 7 nitrogen and oxygen atoms in total. The average Bonchev–Trinajstić information content (AvgIpc) is 3.06. The van der Waals surface area contributed by atoms with Gasteiger partial charge in [0.2, 0.25) is 0 Å². The fourth-order valence-corrected chi connectivity index (χ4v) is 1.89. The van der Waals surface area contributed by atoms with Gasteiger partial charge in [0.25, 0.3) is 11.7 Å². The van der Waals surface area contributed by atoms with Crippen LogP contribution in [0.1, 0.15) is 17.5 Å². The molecule has 0 fully saturated rings. The maximum absolute atomic E-state index is 11.5. The normalized spacial score (nSPS) is 10.9. The van der Waals surface area contributed by atoms with Gasteiger partial charge in [-0.2, -0.15) is 4.98 Å². The van der Waals surface area contributed by atoms with Crippen molar-refractivity contribution >= 4 is 17.0 Å². The molecular formula is C13H12N4O3. The van der Waals surface area contributed by atoms with E-state index in [2.05, 4.69) is 15.1 Å². The second kappa shape index (κ2) is 4.76. The summed E-state index contributed by atoms with van der Waals surface area (Å²) in [5, 5.41) is 3.61. The molecule has 0 radical (unpaired) electrons. The number of ether oxygens (including phenoxy) is 1. The minimum absolute atomic E-state index is 0.0806. The Kier molecular flexibility index (Phi) is 2.94. The molecule has 102 valence electrons. The number of hydrogen-bond donors (Lipinski definition) is 0. The SMILES string of the molecule is CCOC(=O)c1noc(-c2ccc3c(c2)ncn3C)n1. The van der Waals surface area contributed by atoms with Crippen molar-refractivity contribution in [1.29, 1.82) is 0 Å². The third kappa shape index (κ3) is 2.03. The van der Waals surface area contributed by atoms with Gasteiger partial charge in [0.15, 0.2) is 0 Å². The second-order valence-electron chi connectivity index (χ2n) is 4.20. The standard InChI is InChI=1S/C13H12N4O3/c1-3-19-13(18)11-15-12(20-16-11)8-4-5-10-9(6-8)14-7-17(10)2/h4-7H,3H2,1-2H3. The summed E-state index contributed by atoms with van der Waals surface area (Å²) in [6, 6.07) is 5.58. The molecule has 0 spiro atoms. The van der Waals surface area contributed by atoms with Crippen molar-refractivity contribution in [3.63, 3.8) is 0 Å². The number of esters is 1. The Bertz CT molecular complexity index is 775. The maximum Gasteiger partial charge on any atom is 0.379 e. The molecule has 0 N–H and O–H groups in total. The first-order chi connectivity index (χ1) is 9.69. The summed E-state index contributed by atoms with van der Waals surface area (Å²) >= 11 is 0. The highest BCUT2D eigenvalue weighted by atomic mass is 16.5. The van der Waals surface area contributed by atoms with Crippen LogP contribution in [0.2, 0.25) is 0 Å². The van der Waals surface area contributed by atoms with Gasteiger partial charge in [-0.25, -0.2) is 9.78 Å². The van der Waals surface area contributed by atoms with Gasteiger partial charge < -0.3 is 13.8 Å². The zero-order chi connectivity index (χ0) is 14.1. The lowest BCUT2D eigenvalue weighted by Crippen LogP contribution is -2.06. The highest BCUT2D eigenvalue weighted by Crippen LogP contribution is 2.22. The minimum atomic E-state index is -0.596. The molecule has 0 aliphatic heterocycles. The van der Waals surface area contributed by atoms with E-state index in [1.165, 1.54) is 0 Å². The van der Waals surface area contributed by atoms with E-state index in [9.17, 15) is 4.79 Å². The Hall–Kier alpha value is -2.70. The van der Waals surface area contributed by atoms with Crippen molar-refractivity contribution in [2.24, 2.45) is 7.05 Å². The van der Waals surface area contributed by atoms with Crippen LogP contribution in [0.3, 0.4) is 0 Å². The van der Waals surface area contributed by atoms with E-state index in [-0.39, 0.29) is 18.3 Å². The van der Waals surface area contributed by atoms with E-state index in [1.807, 2.05) is 29.8 Å². The number of benzene rings is 1. The van der Waals surface area contributed by atoms with Crippen LogP contribution >= 0.6 is 0 Å². The molecule has 0 atom stereocenters. The van der Waals surface area contributed by atoms with Crippen LogP contribution in [0, 0.1) is 0 Å². The predicted molar refractivity (Wildman–Crippen MR) is 70.0 cm³/mol. The van der Waals surface area contributed by atoms with E-state index in [4.69, 9.17) is 9.26 Å². The van der Waals surface area contributed by atoms with E-state index in [1.54, 1.807) is 13.3 Å². The number of nitrogens with zero attached hydrogens (tertiary/aromatic N) is 4. The fourth-order valence-electron chi connectivity index (χ4n) is 1.89. The van der Waals surface area contributed by atoms with Gasteiger partial charge in [0.05, 0.1) is 24.0 Å². The Morgan fingerprint density at radius 2 is 2.30 bits per heavy atom.